The van der Waals surface area contributed by atoms with E-state index in [9.17, 15) is 0 Å². The van der Waals surface area contributed by atoms with E-state index in [2.05, 4.69) is 4.98 Å². The van der Waals surface area contributed by atoms with Gasteiger partial charge in [0, 0.05) is 17.0 Å². The second-order valence-corrected chi connectivity index (χ2v) is 4.70. The van der Waals surface area contributed by atoms with Crippen LogP contribution in [0, 0.1) is 13.8 Å². The lowest BCUT2D eigenvalue weighted by Gasteiger charge is -2.06. The highest BCUT2D eigenvalue weighted by atomic mass is 32.1. The molecule has 2 rings (SSSR count). The largest absolute Gasteiger partial charge is 0.431 e. The maximum Gasteiger partial charge on any atom is 0.279 e. The maximum absolute atomic E-state index is 5.73. The van der Waals surface area contributed by atoms with Crippen LogP contribution in [0.15, 0.2) is 24.3 Å². The van der Waals surface area contributed by atoms with Crippen LogP contribution in [0.2, 0.25) is 0 Å². The van der Waals surface area contributed by atoms with E-state index in [4.69, 9.17) is 10.5 Å². The van der Waals surface area contributed by atoms with Gasteiger partial charge in [-0.1, -0.05) is 29.5 Å². The predicted molar refractivity (Wildman–Crippen MR) is 66.0 cm³/mol. The molecule has 1 aromatic heterocycles. The van der Waals surface area contributed by atoms with Crippen molar-refractivity contribution in [3.63, 3.8) is 0 Å². The van der Waals surface area contributed by atoms with Gasteiger partial charge in [-0.05, 0) is 19.9 Å². The van der Waals surface area contributed by atoms with E-state index < -0.39 is 0 Å². The Hall–Kier alpha value is -1.39. The van der Waals surface area contributed by atoms with E-state index in [1.807, 2.05) is 38.1 Å². The number of thiazole rings is 1. The second kappa shape index (κ2) is 4.63. The summed E-state index contributed by atoms with van der Waals surface area (Å²) in [4.78, 5) is 5.52. The Labute approximate surface area is 98.9 Å². The zero-order valence-corrected chi connectivity index (χ0v) is 10.2. The minimum absolute atomic E-state index is 0.472. The number of hydrogen-bond acceptors (Lipinski definition) is 4. The summed E-state index contributed by atoms with van der Waals surface area (Å²) in [6, 6.07) is 7.76. The molecule has 0 saturated carbocycles. The molecule has 84 valence electrons. The van der Waals surface area contributed by atoms with Crippen molar-refractivity contribution < 1.29 is 4.74 Å². The fraction of sp³-hybridized carbons (Fsp3) is 0.250. The van der Waals surface area contributed by atoms with E-state index in [0.717, 1.165) is 17.0 Å². The summed E-state index contributed by atoms with van der Waals surface area (Å²) in [5.41, 5.74) is 7.65. The molecule has 0 aliphatic carbocycles. The van der Waals surface area contributed by atoms with Crippen LogP contribution < -0.4 is 10.5 Å². The number of hydrogen-bond donors (Lipinski definition) is 1. The number of benzene rings is 1. The summed E-state index contributed by atoms with van der Waals surface area (Å²) in [7, 11) is 0. The summed E-state index contributed by atoms with van der Waals surface area (Å²) < 4.78 is 5.73. The molecule has 2 aromatic rings. The fourth-order valence-electron chi connectivity index (χ4n) is 1.35. The summed E-state index contributed by atoms with van der Waals surface area (Å²) in [6.45, 7) is 4.49. The van der Waals surface area contributed by atoms with Crippen molar-refractivity contribution in [2.45, 2.75) is 20.4 Å². The number of aromatic nitrogens is 1. The average molecular weight is 234 g/mol. The molecule has 0 atom stereocenters. The molecule has 0 fully saturated rings. The quantitative estimate of drug-likeness (QED) is 0.888. The van der Waals surface area contributed by atoms with E-state index in [0.29, 0.717) is 11.7 Å². The SMILES string of the molecule is Cc1nc(Oc2ccccc2CN)sc1C. The van der Waals surface area contributed by atoms with Crippen LogP contribution in [0.4, 0.5) is 0 Å². The number of aryl methyl sites for hydroxylation is 2. The van der Waals surface area contributed by atoms with E-state index in [1.165, 1.54) is 4.88 Å². The first-order valence-electron chi connectivity index (χ1n) is 5.10. The molecule has 3 nitrogen and oxygen atoms in total. The zero-order valence-electron chi connectivity index (χ0n) is 9.36. The van der Waals surface area contributed by atoms with Crippen molar-refractivity contribution in [2.75, 3.05) is 0 Å². The summed E-state index contributed by atoms with van der Waals surface area (Å²) in [6.07, 6.45) is 0. The average Bonchev–Trinajstić information content (AvgIpc) is 2.59. The van der Waals surface area contributed by atoms with Gasteiger partial charge in [0.2, 0.25) is 0 Å². The third-order valence-electron chi connectivity index (χ3n) is 2.40. The van der Waals surface area contributed by atoms with E-state index in [-0.39, 0.29) is 0 Å². The number of rotatable bonds is 3. The summed E-state index contributed by atoms with van der Waals surface area (Å²) in [5, 5.41) is 0.677. The molecule has 0 aliphatic heterocycles. The minimum Gasteiger partial charge on any atom is -0.431 e. The predicted octanol–water partition coefficient (Wildman–Crippen LogP) is 3.01. The van der Waals surface area contributed by atoms with Gasteiger partial charge in [0.15, 0.2) is 0 Å². The molecule has 16 heavy (non-hydrogen) atoms. The normalized spacial score (nSPS) is 10.4. The summed E-state index contributed by atoms with van der Waals surface area (Å²) in [5.74, 6) is 0.791. The van der Waals surface area contributed by atoms with Gasteiger partial charge in [0.1, 0.15) is 5.75 Å². The van der Waals surface area contributed by atoms with Gasteiger partial charge < -0.3 is 10.5 Å². The van der Waals surface area contributed by atoms with Crippen LogP contribution in [0.25, 0.3) is 0 Å². The Morgan fingerprint density at radius 2 is 2.06 bits per heavy atom. The van der Waals surface area contributed by atoms with Gasteiger partial charge in [-0.15, -0.1) is 0 Å². The number of ether oxygens (including phenoxy) is 1. The number of para-hydroxylation sites is 1. The van der Waals surface area contributed by atoms with Crippen molar-refractivity contribution in [2.24, 2.45) is 5.73 Å². The van der Waals surface area contributed by atoms with Crippen LogP contribution >= 0.6 is 11.3 Å². The molecule has 1 aromatic carbocycles. The first-order chi connectivity index (χ1) is 7.70. The first kappa shape index (κ1) is 11.1. The van der Waals surface area contributed by atoms with Gasteiger partial charge in [0.05, 0.1) is 5.69 Å². The van der Waals surface area contributed by atoms with Crippen LogP contribution in [0.1, 0.15) is 16.1 Å². The topological polar surface area (TPSA) is 48.1 Å². The molecular formula is C12H14N2OS. The molecule has 0 spiro atoms. The molecule has 0 unspecified atom stereocenters. The monoisotopic (exact) mass is 234 g/mol. The van der Waals surface area contributed by atoms with E-state index >= 15 is 0 Å². The third-order valence-corrected chi connectivity index (χ3v) is 3.35. The zero-order chi connectivity index (χ0) is 11.5. The Kier molecular flexibility index (Phi) is 3.22. The highest BCUT2D eigenvalue weighted by Crippen LogP contribution is 2.30. The maximum atomic E-state index is 5.73. The Morgan fingerprint density at radius 3 is 2.69 bits per heavy atom. The van der Waals surface area contributed by atoms with Crippen LogP contribution in [-0.2, 0) is 6.54 Å². The van der Waals surface area contributed by atoms with Gasteiger partial charge in [-0.25, -0.2) is 4.98 Å². The van der Waals surface area contributed by atoms with Crippen molar-refractivity contribution in [3.05, 3.63) is 40.4 Å². The number of nitrogens with zero attached hydrogens (tertiary/aromatic N) is 1. The summed E-state index contributed by atoms with van der Waals surface area (Å²) >= 11 is 1.55. The molecule has 0 aliphatic rings. The Balaban J connectivity index is 2.26. The van der Waals surface area contributed by atoms with Crippen LogP contribution in [0.5, 0.6) is 10.9 Å². The van der Waals surface area contributed by atoms with Crippen LogP contribution in [0.3, 0.4) is 0 Å². The molecule has 4 heteroatoms. The smallest absolute Gasteiger partial charge is 0.279 e. The molecule has 0 bridgehead atoms. The lowest BCUT2D eigenvalue weighted by molar-refractivity contribution is 0.472. The van der Waals surface area contributed by atoms with Crippen molar-refractivity contribution in [1.82, 2.24) is 4.98 Å². The van der Waals surface area contributed by atoms with Gasteiger partial charge in [-0.3, -0.25) is 0 Å². The Bertz CT molecular complexity index is 474. The van der Waals surface area contributed by atoms with Gasteiger partial charge in [0.25, 0.3) is 5.19 Å². The van der Waals surface area contributed by atoms with E-state index in [1.54, 1.807) is 11.3 Å². The first-order valence-corrected chi connectivity index (χ1v) is 5.92. The fourth-order valence-corrected chi connectivity index (χ4v) is 2.12. The lowest BCUT2D eigenvalue weighted by atomic mass is 10.2. The van der Waals surface area contributed by atoms with Gasteiger partial charge in [-0.2, -0.15) is 0 Å². The molecule has 0 saturated heterocycles. The minimum atomic E-state index is 0.472. The van der Waals surface area contributed by atoms with Crippen LogP contribution in [-0.4, -0.2) is 4.98 Å². The standard InChI is InChI=1S/C12H14N2OS/c1-8-9(2)16-12(14-8)15-11-6-4-3-5-10(11)7-13/h3-6H,7,13H2,1-2H3. The second-order valence-electron chi connectivity index (χ2n) is 3.54. The molecular weight excluding hydrogens is 220 g/mol. The van der Waals surface area contributed by atoms with Gasteiger partial charge >= 0.3 is 0 Å². The van der Waals surface area contributed by atoms with Crippen molar-refractivity contribution >= 4 is 11.3 Å². The highest BCUT2D eigenvalue weighted by molar-refractivity contribution is 7.13. The highest BCUT2D eigenvalue weighted by Gasteiger charge is 2.07. The number of nitrogens with two attached hydrogens (primary N) is 1. The molecule has 0 amide bonds. The molecule has 0 radical (unpaired) electrons. The third kappa shape index (κ3) is 2.23. The van der Waals surface area contributed by atoms with Crippen molar-refractivity contribution in [1.29, 1.82) is 0 Å². The van der Waals surface area contributed by atoms with Crippen molar-refractivity contribution in [3.8, 4) is 10.9 Å². The molecule has 2 N–H and O–H groups in total. The Morgan fingerprint density at radius 1 is 1.31 bits per heavy atom. The molecule has 1 heterocycles. The lowest BCUT2D eigenvalue weighted by Crippen LogP contribution is -1.98.